The van der Waals surface area contributed by atoms with E-state index in [-0.39, 0.29) is 6.04 Å². The van der Waals surface area contributed by atoms with Gasteiger partial charge in [0, 0.05) is 6.04 Å². The van der Waals surface area contributed by atoms with E-state index in [1.54, 1.807) is 12.1 Å². The Bertz CT molecular complexity index is 425. The van der Waals surface area contributed by atoms with Crippen LogP contribution in [-0.2, 0) is 4.79 Å². The first-order chi connectivity index (χ1) is 7.58. The lowest BCUT2D eigenvalue weighted by atomic mass is 10.0. The van der Waals surface area contributed by atoms with E-state index in [4.69, 9.17) is 28.3 Å². The summed E-state index contributed by atoms with van der Waals surface area (Å²) in [6.07, 6.45) is 0.479. The molecule has 0 bridgehead atoms. The third-order valence-electron chi connectivity index (χ3n) is 2.55. The predicted octanol–water partition coefficient (Wildman–Crippen LogP) is 1.99. The van der Waals surface area contributed by atoms with Gasteiger partial charge in [0.25, 0.3) is 0 Å². The maximum Gasteiger partial charge on any atom is 0.322 e. The Labute approximate surface area is 103 Å². The topological polar surface area (TPSA) is 61.4 Å². The Morgan fingerprint density at radius 1 is 1.31 bits per heavy atom. The molecule has 0 aromatic heterocycles. The van der Waals surface area contributed by atoms with Crippen LogP contribution in [0.5, 0.6) is 0 Å². The second-order valence-electron chi connectivity index (χ2n) is 3.64. The van der Waals surface area contributed by atoms with Crippen molar-refractivity contribution in [3.05, 3.63) is 33.8 Å². The van der Waals surface area contributed by atoms with Gasteiger partial charge in [-0.1, -0.05) is 29.3 Å². The second kappa shape index (κ2) is 4.59. The standard InChI is InChI=1S/C10H10Cl2N2O2/c11-6-2-1-5(3-7(6)12)8-4-9(10(15)16)14-13-8/h1-3,8-9,13-14H,4H2,(H,15,16). The third-order valence-corrected chi connectivity index (χ3v) is 3.29. The summed E-state index contributed by atoms with van der Waals surface area (Å²) in [5, 5.41) is 9.79. The number of carboxylic acid groups (broad SMARTS) is 1. The summed E-state index contributed by atoms with van der Waals surface area (Å²) in [5.41, 5.74) is 6.55. The Morgan fingerprint density at radius 3 is 2.62 bits per heavy atom. The van der Waals surface area contributed by atoms with E-state index in [2.05, 4.69) is 10.9 Å². The number of hydrazine groups is 1. The van der Waals surface area contributed by atoms with Gasteiger partial charge in [-0.05, 0) is 24.1 Å². The molecule has 2 atom stereocenters. The van der Waals surface area contributed by atoms with E-state index in [0.29, 0.717) is 16.5 Å². The van der Waals surface area contributed by atoms with Gasteiger partial charge in [-0.3, -0.25) is 4.79 Å². The highest BCUT2D eigenvalue weighted by molar-refractivity contribution is 6.42. The summed E-state index contributed by atoms with van der Waals surface area (Å²) < 4.78 is 0. The predicted molar refractivity (Wildman–Crippen MR) is 61.5 cm³/mol. The van der Waals surface area contributed by atoms with Crippen LogP contribution in [-0.4, -0.2) is 17.1 Å². The molecule has 1 fully saturated rings. The number of benzene rings is 1. The number of carbonyl (C=O) groups is 1. The van der Waals surface area contributed by atoms with E-state index < -0.39 is 12.0 Å². The molecule has 1 saturated heterocycles. The Morgan fingerprint density at radius 2 is 2.06 bits per heavy atom. The normalized spacial score (nSPS) is 24.6. The molecule has 16 heavy (non-hydrogen) atoms. The Hall–Kier alpha value is -0.810. The number of carboxylic acids is 1. The van der Waals surface area contributed by atoms with Crippen molar-refractivity contribution < 1.29 is 9.90 Å². The molecule has 1 aliphatic heterocycles. The molecule has 0 spiro atoms. The molecular weight excluding hydrogens is 251 g/mol. The fraction of sp³-hybridized carbons (Fsp3) is 0.300. The first-order valence-corrected chi connectivity index (χ1v) is 5.52. The Kier molecular flexibility index (Phi) is 3.35. The lowest BCUT2D eigenvalue weighted by Crippen LogP contribution is -2.36. The van der Waals surface area contributed by atoms with E-state index in [1.807, 2.05) is 6.07 Å². The minimum atomic E-state index is -0.866. The van der Waals surface area contributed by atoms with Crippen molar-refractivity contribution in [1.29, 1.82) is 0 Å². The van der Waals surface area contributed by atoms with Gasteiger partial charge in [0.1, 0.15) is 6.04 Å². The molecule has 1 aliphatic rings. The van der Waals surface area contributed by atoms with Crippen molar-refractivity contribution >= 4 is 29.2 Å². The van der Waals surface area contributed by atoms with Gasteiger partial charge in [-0.2, -0.15) is 0 Å². The largest absolute Gasteiger partial charge is 0.480 e. The fourth-order valence-electron chi connectivity index (χ4n) is 1.67. The summed E-state index contributed by atoms with van der Waals surface area (Å²) in [5.74, 6) is -0.866. The van der Waals surface area contributed by atoms with Gasteiger partial charge in [0.05, 0.1) is 10.0 Å². The zero-order valence-corrected chi connectivity index (χ0v) is 9.72. The zero-order valence-electron chi connectivity index (χ0n) is 8.21. The molecule has 0 amide bonds. The van der Waals surface area contributed by atoms with E-state index in [1.165, 1.54) is 0 Å². The summed E-state index contributed by atoms with van der Waals surface area (Å²) in [4.78, 5) is 10.7. The molecule has 1 aromatic carbocycles. The summed E-state index contributed by atoms with van der Waals surface area (Å²) >= 11 is 11.7. The number of rotatable bonds is 2. The second-order valence-corrected chi connectivity index (χ2v) is 4.46. The van der Waals surface area contributed by atoms with Crippen LogP contribution < -0.4 is 10.9 Å². The average Bonchev–Trinajstić information content (AvgIpc) is 2.71. The summed E-state index contributed by atoms with van der Waals surface area (Å²) in [6.45, 7) is 0. The highest BCUT2D eigenvalue weighted by atomic mass is 35.5. The van der Waals surface area contributed by atoms with Crippen molar-refractivity contribution in [3.63, 3.8) is 0 Å². The lowest BCUT2D eigenvalue weighted by molar-refractivity contribution is -0.139. The van der Waals surface area contributed by atoms with Gasteiger partial charge in [0.15, 0.2) is 0 Å². The lowest BCUT2D eigenvalue weighted by Gasteiger charge is -2.10. The van der Waals surface area contributed by atoms with Crippen LogP contribution in [0.3, 0.4) is 0 Å². The van der Waals surface area contributed by atoms with Crippen LogP contribution >= 0.6 is 23.2 Å². The van der Waals surface area contributed by atoms with Crippen molar-refractivity contribution in [3.8, 4) is 0 Å². The fourth-order valence-corrected chi connectivity index (χ4v) is 1.97. The SMILES string of the molecule is O=C(O)C1CC(c2ccc(Cl)c(Cl)c2)NN1. The summed E-state index contributed by atoms with van der Waals surface area (Å²) in [7, 11) is 0. The first kappa shape index (κ1) is 11.7. The quantitative estimate of drug-likeness (QED) is 0.761. The molecule has 86 valence electrons. The number of halogens is 2. The van der Waals surface area contributed by atoms with Gasteiger partial charge >= 0.3 is 5.97 Å². The minimum Gasteiger partial charge on any atom is -0.480 e. The Balaban J connectivity index is 2.14. The van der Waals surface area contributed by atoms with Crippen molar-refractivity contribution in [2.24, 2.45) is 0 Å². The maximum atomic E-state index is 10.7. The molecular formula is C10H10Cl2N2O2. The number of nitrogens with one attached hydrogen (secondary N) is 2. The minimum absolute atomic E-state index is 0.0594. The van der Waals surface area contributed by atoms with Crippen LogP contribution in [0.1, 0.15) is 18.0 Å². The van der Waals surface area contributed by atoms with Gasteiger partial charge in [0.2, 0.25) is 0 Å². The molecule has 1 aromatic rings. The summed E-state index contributed by atoms with van der Waals surface area (Å²) in [6, 6.07) is 4.65. The van der Waals surface area contributed by atoms with Crippen molar-refractivity contribution in [2.75, 3.05) is 0 Å². The molecule has 2 unspecified atom stereocenters. The van der Waals surface area contributed by atoms with E-state index in [9.17, 15) is 4.79 Å². The molecule has 1 heterocycles. The van der Waals surface area contributed by atoms with Crippen LogP contribution in [0.15, 0.2) is 18.2 Å². The molecule has 0 aliphatic carbocycles. The zero-order chi connectivity index (χ0) is 11.7. The molecule has 2 rings (SSSR count). The van der Waals surface area contributed by atoms with Gasteiger partial charge < -0.3 is 5.11 Å². The molecule has 0 radical (unpaired) electrons. The van der Waals surface area contributed by atoms with Gasteiger partial charge in [-0.25, -0.2) is 10.9 Å². The third kappa shape index (κ3) is 2.30. The van der Waals surface area contributed by atoms with E-state index >= 15 is 0 Å². The highest BCUT2D eigenvalue weighted by Gasteiger charge is 2.29. The molecule has 3 N–H and O–H groups in total. The monoisotopic (exact) mass is 260 g/mol. The molecule has 0 saturated carbocycles. The van der Waals surface area contributed by atoms with Crippen LogP contribution in [0, 0.1) is 0 Å². The van der Waals surface area contributed by atoms with Crippen molar-refractivity contribution in [1.82, 2.24) is 10.9 Å². The average molecular weight is 261 g/mol. The van der Waals surface area contributed by atoms with Crippen molar-refractivity contribution in [2.45, 2.75) is 18.5 Å². The first-order valence-electron chi connectivity index (χ1n) is 4.76. The number of hydrogen-bond acceptors (Lipinski definition) is 3. The smallest absolute Gasteiger partial charge is 0.322 e. The molecule has 6 heteroatoms. The van der Waals surface area contributed by atoms with Gasteiger partial charge in [-0.15, -0.1) is 0 Å². The van der Waals surface area contributed by atoms with Crippen LogP contribution in [0.25, 0.3) is 0 Å². The highest BCUT2D eigenvalue weighted by Crippen LogP contribution is 2.28. The molecule has 4 nitrogen and oxygen atoms in total. The number of aliphatic carboxylic acids is 1. The maximum absolute atomic E-state index is 10.7. The number of hydrogen-bond donors (Lipinski definition) is 3. The van der Waals surface area contributed by atoms with Crippen LogP contribution in [0.2, 0.25) is 10.0 Å². The van der Waals surface area contributed by atoms with Crippen LogP contribution in [0.4, 0.5) is 0 Å². The van der Waals surface area contributed by atoms with E-state index in [0.717, 1.165) is 5.56 Å².